The number of nitrogens with zero attached hydrogens (tertiary/aromatic N) is 2. The Kier molecular flexibility index (Phi) is 5.69. The summed E-state index contributed by atoms with van der Waals surface area (Å²) in [7, 11) is 0. The molecule has 1 unspecified atom stereocenters. The van der Waals surface area contributed by atoms with Crippen LogP contribution in [0.1, 0.15) is 50.2 Å². The molecule has 22 heavy (non-hydrogen) atoms. The van der Waals surface area contributed by atoms with Gasteiger partial charge in [-0.3, -0.25) is 9.79 Å². The molecular formula is C17H22N2O3. The second kappa shape index (κ2) is 7.73. The molecule has 0 saturated carbocycles. The molecule has 0 fully saturated rings. The van der Waals surface area contributed by atoms with Crippen LogP contribution in [0.15, 0.2) is 28.3 Å². The number of hydrogen-bond acceptors (Lipinski definition) is 4. The van der Waals surface area contributed by atoms with Gasteiger partial charge in [0.2, 0.25) is 0 Å². The van der Waals surface area contributed by atoms with Crippen molar-refractivity contribution in [3.8, 4) is 0 Å². The second-order valence-corrected chi connectivity index (χ2v) is 5.61. The zero-order valence-corrected chi connectivity index (χ0v) is 13.1. The average molecular weight is 302 g/mol. The predicted molar refractivity (Wildman–Crippen MR) is 87.1 cm³/mol. The van der Waals surface area contributed by atoms with E-state index in [1.54, 1.807) is 0 Å². The normalized spacial score (nSPS) is 17.5. The van der Waals surface area contributed by atoms with E-state index >= 15 is 0 Å². The van der Waals surface area contributed by atoms with Crippen molar-refractivity contribution < 1.29 is 14.7 Å². The molecule has 5 heteroatoms. The summed E-state index contributed by atoms with van der Waals surface area (Å²) in [6.07, 6.45) is 5.36. The lowest BCUT2D eigenvalue weighted by Gasteiger charge is -2.04. The van der Waals surface area contributed by atoms with Crippen molar-refractivity contribution in [2.45, 2.75) is 52.1 Å². The van der Waals surface area contributed by atoms with Crippen molar-refractivity contribution in [1.29, 1.82) is 0 Å². The van der Waals surface area contributed by atoms with E-state index in [1.165, 1.54) is 0 Å². The molecule has 0 bridgehead atoms. The van der Waals surface area contributed by atoms with Crippen molar-refractivity contribution in [3.63, 3.8) is 0 Å². The van der Waals surface area contributed by atoms with E-state index in [9.17, 15) is 4.79 Å². The summed E-state index contributed by atoms with van der Waals surface area (Å²) in [5.74, 6) is -0.741. The molecule has 2 rings (SSSR count). The fourth-order valence-electron chi connectivity index (χ4n) is 2.27. The number of unbranched alkanes of at least 4 members (excludes halogenated alkanes) is 2. The summed E-state index contributed by atoms with van der Waals surface area (Å²) in [6, 6.07) is 6.11. The first-order chi connectivity index (χ1) is 10.6. The molecule has 0 amide bonds. The highest BCUT2D eigenvalue weighted by Crippen LogP contribution is 2.24. The van der Waals surface area contributed by atoms with Crippen LogP contribution in [0, 0.1) is 6.92 Å². The molecule has 1 aliphatic heterocycles. The molecule has 0 saturated heterocycles. The van der Waals surface area contributed by atoms with E-state index in [-0.39, 0.29) is 12.5 Å². The van der Waals surface area contributed by atoms with Crippen LogP contribution in [0.4, 0.5) is 5.69 Å². The first-order valence-electron chi connectivity index (χ1n) is 7.64. The number of aliphatic imine (C=N–C) groups is 1. The van der Waals surface area contributed by atoms with Crippen molar-refractivity contribution in [2.24, 2.45) is 10.1 Å². The molecule has 1 atom stereocenters. The van der Waals surface area contributed by atoms with Gasteiger partial charge in [0, 0.05) is 24.6 Å². The van der Waals surface area contributed by atoms with Gasteiger partial charge in [0.1, 0.15) is 6.10 Å². The Morgan fingerprint density at radius 2 is 2.32 bits per heavy atom. The monoisotopic (exact) mass is 302 g/mol. The zero-order chi connectivity index (χ0) is 15.9. The Morgan fingerprint density at radius 3 is 3.00 bits per heavy atom. The highest BCUT2D eigenvalue weighted by molar-refractivity contribution is 6.02. The van der Waals surface area contributed by atoms with Gasteiger partial charge in [-0.25, -0.2) is 0 Å². The van der Waals surface area contributed by atoms with Crippen molar-refractivity contribution in [2.75, 3.05) is 0 Å². The number of rotatable bonds is 7. The van der Waals surface area contributed by atoms with Crippen LogP contribution in [0.5, 0.6) is 0 Å². The van der Waals surface area contributed by atoms with Gasteiger partial charge < -0.3 is 9.94 Å². The van der Waals surface area contributed by atoms with Crippen LogP contribution in [0.2, 0.25) is 0 Å². The van der Waals surface area contributed by atoms with Crippen LogP contribution < -0.4 is 0 Å². The first-order valence-corrected chi connectivity index (χ1v) is 7.64. The maximum atomic E-state index is 10.4. The van der Waals surface area contributed by atoms with Gasteiger partial charge in [0.25, 0.3) is 0 Å². The van der Waals surface area contributed by atoms with Gasteiger partial charge in [0.15, 0.2) is 0 Å². The molecule has 1 aromatic rings. The third kappa shape index (κ3) is 4.69. The highest BCUT2D eigenvalue weighted by Gasteiger charge is 2.18. The maximum Gasteiger partial charge on any atom is 0.303 e. The molecular weight excluding hydrogens is 280 g/mol. The summed E-state index contributed by atoms with van der Waals surface area (Å²) in [6.45, 7) is 4.03. The Morgan fingerprint density at radius 1 is 1.50 bits per heavy atom. The fraction of sp³-hybridized carbons (Fsp3) is 0.471. The summed E-state index contributed by atoms with van der Waals surface area (Å²) in [4.78, 5) is 20.2. The van der Waals surface area contributed by atoms with Crippen LogP contribution in [0.25, 0.3) is 0 Å². The lowest BCUT2D eigenvalue weighted by Crippen LogP contribution is -2.03. The average Bonchev–Trinajstić information content (AvgIpc) is 2.90. The first kappa shape index (κ1) is 16.2. The summed E-state index contributed by atoms with van der Waals surface area (Å²) in [5, 5.41) is 12.7. The second-order valence-electron chi connectivity index (χ2n) is 5.61. The molecule has 1 aliphatic rings. The molecule has 0 aromatic heterocycles. The molecule has 0 spiro atoms. The molecule has 0 radical (unpaired) electrons. The number of oxime groups is 1. The van der Waals surface area contributed by atoms with Gasteiger partial charge >= 0.3 is 5.97 Å². The van der Waals surface area contributed by atoms with E-state index in [2.05, 4.69) is 10.1 Å². The number of aliphatic carboxylic acids is 1. The smallest absolute Gasteiger partial charge is 0.303 e. The van der Waals surface area contributed by atoms with Gasteiger partial charge in [-0.15, -0.1) is 0 Å². The standard InChI is InChI=1S/C17H22N2O3/c1-12-7-8-14(16-10-13(2)22-19-16)11-15(12)18-9-5-3-4-6-17(20)21/h7-9,11,13H,3-6,10H2,1-2H3,(H,20,21)/b18-9+. The molecule has 1 heterocycles. The minimum absolute atomic E-state index is 0.137. The Balaban J connectivity index is 1.94. The molecule has 5 nitrogen and oxygen atoms in total. The lowest BCUT2D eigenvalue weighted by molar-refractivity contribution is -0.137. The third-order valence-electron chi connectivity index (χ3n) is 3.57. The van der Waals surface area contributed by atoms with Crippen LogP contribution in [0.3, 0.4) is 0 Å². The summed E-state index contributed by atoms with van der Waals surface area (Å²) < 4.78 is 0. The topological polar surface area (TPSA) is 71.2 Å². The van der Waals surface area contributed by atoms with Gasteiger partial charge in [0.05, 0.1) is 11.4 Å². The van der Waals surface area contributed by atoms with E-state index in [1.807, 2.05) is 38.3 Å². The Labute approximate surface area is 130 Å². The number of carboxylic acids is 1. The highest BCUT2D eigenvalue weighted by atomic mass is 16.6. The van der Waals surface area contributed by atoms with E-state index < -0.39 is 5.97 Å². The summed E-state index contributed by atoms with van der Waals surface area (Å²) in [5.41, 5.74) is 4.05. The molecule has 1 N–H and O–H groups in total. The fourth-order valence-corrected chi connectivity index (χ4v) is 2.27. The number of aryl methyl sites for hydroxylation is 1. The predicted octanol–water partition coefficient (Wildman–Crippen LogP) is 3.86. The van der Waals surface area contributed by atoms with Crippen LogP contribution >= 0.6 is 0 Å². The van der Waals surface area contributed by atoms with Gasteiger partial charge in [-0.05, 0) is 44.7 Å². The maximum absolute atomic E-state index is 10.4. The lowest BCUT2D eigenvalue weighted by atomic mass is 10.0. The quantitative estimate of drug-likeness (QED) is 0.614. The molecule has 1 aromatic carbocycles. The van der Waals surface area contributed by atoms with Gasteiger partial charge in [-0.1, -0.05) is 17.3 Å². The number of benzene rings is 1. The van der Waals surface area contributed by atoms with Crippen molar-refractivity contribution >= 4 is 23.6 Å². The van der Waals surface area contributed by atoms with E-state index in [0.717, 1.165) is 41.8 Å². The largest absolute Gasteiger partial charge is 0.481 e. The zero-order valence-electron chi connectivity index (χ0n) is 13.1. The SMILES string of the molecule is Cc1ccc(C2=NOC(C)C2)cc1/N=C/CCCCC(=O)O. The van der Waals surface area contributed by atoms with E-state index in [4.69, 9.17) is 9.94 Å². The van der Waals surface area contributed by atoms with E-state index in [0.29, 0.717) is 6.42 Å². The molecule has 118 valence electrons. The summed E-state index contributed by atoms with van der Waals surface area (Å²) >= 11 is 0. The third-order valence-corrected chi connectivity index (χ3v) is 3.57. The Bertz CT molecular complexity index is 594. The van der Waals surface area contributed by atoms with Crippen molar-refractivity contribution in [1.82, 2.24) is 0 Å². The van der Waals surface area contributed by atoms with Crippen LogP contribution in [-0.4, -0.2) is 29.1 Å². The Hall–Kier alpha value is -2.17. The number of hydrogen-bond donors (Lipinski definition) is 1. The number of carboxylic acid groups (broad SMARTS) is 1. The minimum atomic E-state index is -0.741. The molecule has 0 aliphatic carbocycles. The van der Waals surface area contributed by atoms with Crippen molar-refractivity contribution in [3.05, 3.63) is 29.3 Å². The van der Waals surface area contributed by atoms with Crippen LogP contribution in [-0.2, 0) is 9.63 Å². The minimum Gasteiger partial charge on any atom is -0.481 e. The number of carbonyl (C=O) groups is 1. The van der Waals surface area contributed by atoms with Gasteiger partial charge in [-0.2, -0.15) is 0 Å².